The SMILES string of the molecule is C=CCNCc1nc(CC(C)C)no1. The molecule has 1 aromatic heterocycles. The third kappa shape index (κ3) is 3.70. The summed E-state index contributed by atoms with van der Waals surface area (Å²) in [5.41, 5.74) is 0. The maximum atomic E-state index is 5.05. The van der Waals surface area contributed by atoms with Crippen LogP contribution in [0.25, 0.3) is 0 Å². The van der Waals surface area contributed by atoms with Gasteiger partial charge in [-0.15, -0.1) is 6.58 Å². The fourth-order valence-corrected chi connectivity index (χ4v) is 1.09. The van der Waals surface area contributed by atoms with E-state index in [1.165, 1.54) is 0 Å². The Hall–Kier alpha value is -1.16. The quantitative estimate of drug-likeness (QED) is 0.552. The van der Waals surface area contributed by atoms with Crippen LogP contribution in [0.15, 0.2) is 17.2 Å². The Morgan fingerprint density at radius 3 is 3.00 bits per heavy atom. The van der Waals surface area contributed by atoms with Crippen LogP contribution < -0.4 is 5.32 Å². The van der Waals surface area contributed by atoms with Crippen molar-refractivity contribution in [1.82, 2.24) is 15.5 Å². The van der Waals surface area contributed by atoms with Crippen molar-refractivity contribution in [2.24, 2.45) is 5.92 Å². The molecule has 0 aliphatic rings. The van der Waals surface area contributed by atoms with Crippen LogP contribution in [0.3, 0.4) is 0 Å². The molecule has 1 aromatic rings. The highest BCUT2D eigenvalue weighted by Gasteiger charge is 2.06. The summed E-state index contributed by atoms with van der Waals surface area (Å²) in [6.45, 7) is 9.23. The molecule has 4 nitrogen and oxygen atoms in total. The van der Waals surface area contributed by atoms with Gasteiger partial charge >= 0.3 is 0 Å². The van der Waals surface area contributed by atoms with Crippen LogP contribution in [0.5, 0.6) is 0 Å². The molecule has 0 fully saturated rings. The van der Waals surface area contributed by atoms with E-state index >= 15 is 0 Å². The van der Waals surface area contributed by atoms with Crippen LogP contribution in [0, 0.1) is 5.92 Å². The smallest absolute Gasteiger partial charge is 0.240 e. The standard InChI is InChI=1S/C10H17N3O/c1-4-5-11-7-10-12-9(13-14-10)6-8(2)3/h4,8,11H,1,5-7H2,2-3H3. The molecule has 1 N–H and O–H groups in total. The molecule has 0 aliphatic carbocycles. The van der Waals surface area contributed by atoms with E-state index in [0.29, 0.717) is 18.4 Å². The topological polar surface area (TPSA) is 51.0 Å². The lowest BCUT2D eigenvalue weighted by Gasteiger charge is -1.96. The van der Waals surface area contributed by atoms with E-state index in [1.807, 2.05) is 0 Å². The van der Waals surface area contributed by atoms with E-state index in [2.05, 4.69) is 35.9 Å². The zero-order chi connectivity index (χ0) is 10.4. The van der Waals surface area contributed by atoms with Crippen LogP contribution in [0.4, 0.5) is 0 Å². The first-order valence-electron chi connectivity index (χ1n) is 4.85. The van der Waals surface area contributed by atoms with Crippen molar-refractivity contribution in [1.29, 1.82) is 0 Å². The lowest BCUT2D eigenvalue weighted by atomic mass is 10.1. The van der Waals surface area contributed by atoms with Crippen molar-refractivity contribution < 1.29 is 4.52 Å². The van der Waals surface area contributed by atoms with Crippen LogP contribution in [-0.2, 0) is 13.0 Å². The molecule has 1 rings (SSSR count). The molecule has 0 aromatic carbocycles. The lowest BCUT2D eigenvalue weighted by molar-refractivity contribution is 0.363. The third-order valence-corrected chi connectivity index (χ3v) is 1.67. The summed E-state index contributed by atoms with van der Waals surface area (Å²) in [7, 11) is 0. The number of aromatic nitrogens is 2. The summed E-state index contributed by atoms with van der Waals surface area (Å²) in [5.74, 6) is 1.99. The summed E-state index contributed by atoms with van der Waals surface area (Å²) in [4.78, 5) is 4.25. The van der Waals surface area contributed by atoms with E-state index in [4.69, 9.17) is 4.52 Å². The number of nitrogens with one attached hydrogen (secondary N) is 1. The van der Waals surface area contributed by atoms with Crippen molar-refractivity contribution in [2.45, 2.75) is 26.8 Å². The zero-order valence-corrected chi connectivity index (χ0v) is 8.79. The molecule has 0 saturated carbocycles. The highest BCUT2D eigenvalue weighted by atomic mass is 16.5. The van der Waals surface area contributed by atoms with Gasteiger partial charge in [0.05, 0.1) is 6.54 Å². The fraction of sp³-hybridized carbons (Fsp3) is 0.600. The largest absolute Gasteiger partial charge is 0.338 e. The molecule has 0 atom stereocenters. The van der Waals surface area contributed by atoms with Gasteiger partial charge in [-0.2, -0.15) is 4.98 Å². The Labute approximate surface area is 84.4 Å². The van der Waals surface area contributed by atoms with Crippen molar-refractivity contribution in [3.8, 4) is 0 Å². The number of hydrogen-bond acceptors (Lipinski definition) is 4. The minimum Gasteiger partial charge on any atom is -0.338 e. The minimum atomic E-state index is 0.557. The molecular formula is C10H17N3O. The van der Waals surface area contributed by atoms with Crippen LogP contribution in [0.1, 0.15) is 25.6 Å². The molecule has 0 radical (unpaired) electrons. The zero-order valence-electron chi connectivity index (χ0n) is 8.79. The molecule has 14 heavy (non-hydrogen) atoms. The molecule has 0 saturated heterocycles. The van der Waals surface area contributed by atoms with Gasteiger partial charge in [0.25, 0.3) is 0 Å². The minimum absolute atomic E-state index is 0.557. The van der Waals surface area contributed by atoms with Crippen LogP contribution in [0.2, 0.25) is 0 Å². The normalized spacial score (nSPS) is 10.8. The molecule has 1 heterocycles. The first-order valence-corrected chi connectivity index (χ1v) is 4.85. The maximum absolute atomic E-state index is 5.05. The molecule has 4 heteroatoms. The molecule has 0 bridgehead atoms. The van der Waals surface area contributed by atoms with Gasteiger partial charge in [-0.1, -0.05) is 25.1 Å². The predicted molar refractivity (Wildman–Crippen MR) is 54.7 cm³/mol. The van der Waals surface area contributed by atoms with Crippen LogP contribution >= 0.6 is 0 Å². The Kier molecular flexibility index (Phi) is 4.32. The van der Waals surface area contributed by atoms with Gasteiger partial charge in [-0.25, -0.2) is 0 Å². The Morgan fingerprint density at radius 2 is 2.36 bits per heavy atom. The Morgan fingerprint density at radius 1 is 1.57 bits per heavy atom. The third-order valence-electron chi connectivity index (χ3n) is 1.67. The van der Waals surface area contributed by atoms with E-state index in [-0.39, 0.29) is 0 Å². The van der Waals surface area contributed by atoms with E-state index in [0.717, 1.165) is 18.8 Å². The van der Waals surface area contributed by atoms with E-state index in [9.17, 15) is 0 Å². The Bertz CT molecular complexity index is 281. The first kappa shape index (κ1) is 10.9. The molecule has 0 aliphatic heterocycles. The highest BCUT2D eigenvalue weighted by Crippen LogP contribution is 2.04. The van der Waals surface area contributed by atoms with Crippen molar-refractivity contribution in [2.75, 3.05) is 6.54 Å². The van der Waals surface area contributed by atoms with Crippen molar-refractivity contribution in [3.05, 3.63) is 24.4 Å². The van der Waals surface area contributed by atoms with Crippen molar-refractivity contribution in [3.63, 3.8) is 0 Å². The summed E-state index contributed by atoms with van der Waals surface area (Å²) in [6, 6.07) is 0. The predicted octanol–water partition coefficient (Wildman–Crippen LogP) is 1.54. The first-order chi connectivity index (χ1) is 6.72. The Balaban J connectivity index is 2.38. The van der Waals surface area contributed by atoms with Gasteiger partial charge in [0.2, 0.25) is 5.89 Å². The number of nitrogens with zero attached hydrogens (tertiary/aromatic N) is 2. The number of hydrogen-bond donors (Lipinski definition) is 1. The summed E-state index contributed by atoms with van der Waals surface area (Å²) >= 11 is 0. The van der Waals surface area contributed by atoms with Gasteiger partial charge in [-0.3, -0.25) is 0 Å². The highest BCUT2D eigenvalue weighted by molar-refractivity contribution is 4.87. The maximum Gasteiger partial charge on any atom is 0.240 e. The van der Waals surface area contributed by atoms with Crippen LogP contribution in [-0.4, -0.2) is 16.7 Å². The molecule has 78 valence electrons. The average molecular weight is 195 g/mol. The lowest BCUT2D eigenvalue weighted by Crippen LogP contribution is -2.12. The van der Waals surface area contributed by atoms with Gasteiger partial charge in [0, 0.05) is 13.0 Å². The summed E-state index contributed by atoms with van der Waals surface area (Å²) in [6.07, 6.45) is 2.66. The second-order valence-corrected chi connectivity index (χ2v) is 3.62. The fourth-order valence-electron chi connectivity index (χ4n) is 1.09. The van der Waals surface area contributed by atoms with E-state index in [1.54, 1.807) is 6.08 Å². The van der Waals surface area contributed by atoms with Crippen molar-refractivity contribution >= 4 is 0 Å². The monoisotopic (exact) mass is 195 g/mol. The van der Waals surface area contributed by atoms with Gasteiger partial charge in [0.1, 0.15) is 0 Å². The summed E-state index contributed by atoms with van der Waals surface area (Å²) in [5, 5.41) is 6.99. The van der Waals surface area contributed by atoms with Gasteiger partial charge in [-0.05, 0) is 5.92 Å². The molecule has 0 unspecified atom stereocenters. The number of rotatable bonds is 6. The second-order valence-electron chi connectivity index (χ2n) is 3.62. The van der Waals surface area contributed by atoms with E-state index < -0.39 is 0 Å². The van der Waals surface area contributed by atoms with Gasteiger partial charge in [0.15, 0.2) is 5.82 Å². The second kappa shape index (κ2) is 5.54. The summed E-state index contributed by atoms with van der Waals surface area (Å²) < 4.78 is 5.05. The molecular weight excluding hydrogens is 178 g/mol. The molecule has 0 spiro atoms. The molecule has 0 amide bonds. The average Bonchev–Trinajstić information content (AvgIpc) is 2.52. The van der Waals surface area contributed by atoms with Gasteiger partial charge < -0.3 is 9.84 Å².